The second-order valence-corrected chi connectivity index (χ2v) is 5.26. The highest BCUT2D eigenvalue weighted by Gasteiger charge is 2.07. The normalized spacial score (nSPS) is 11.1. The van der Waals surface area contributed by atoms with E-state index in [9.17, 15) is 4.79 Å². The molecule has 0 saturated carbocycles. The molecule has 0 heterocycles. The summed E-state index contributed by atoms with van der Waals surface area (Å²) in [5.74, 6) is 0.137. The van der Waals surface area contributed by atoms with Gasteiger partial charge in [-0.1, -0.05) is 37.3 Å². The Morgan fingerprint density at radius 2 is 1.85 bits per heavy atom. The minimum atomic E-state index is 0.137. The first-order chi connectivity index (χ1) is 9.61. The van der Waals surface area contributed by atoms with Crippen LogP contribution in [0.25, 0.3) is 0 Å². The van der Waals surface area contributed by atoms with E-state index in [2.05, 4.69) is 46.3 Å². The lowest BCUT2D eigenvalue weighted by Gasteiger charge is -2.20. The fraction of sp³-hybridized carbons (Fsp3) is 0.562. The van der Waals surface area contributed by atoms with E-state index in [1.807, 2.05) is 20.2 Å². The van der Waals surface area contributed by atoms with Gasteiger partial charge in [0.25, 0.3) is 0 Å². The number of rotatable bonds is 9. The van der Waals surface area contributed by atoms with Crippen LogP contribution in [-0.2, 0) is 11.3 Å². The smallest absolute Gasteiger partial charge is 0.221 e. The summed E-state index contributed by atoms with van der Waals surface area (Å²) in [5.41, 5.74) is 1.29. The van der Waals surface area contributed by atoms with E-state index in [1.165, 1.54) is 5.56 Å². The van der Waals surface area contributed by atoms with Gasteiger partial charge >= 0.3 is 0 Å². The maximum Gasteiger partial charge on any atom is 0.221 e. The predicted molar refractivity (Wildman–Crippen MR) is 83.6 cm³/mol. The van der Waals surface area contributed by atoms with Crippen LogP contribution >= 0.6 is 0 Å². The summed E-state index contributed by atoms with van der Waals surface area (Å²) in [7, 11) is 4.01. The number of likely N-dealkylation sites (N-methyl/N-ethyl adjacent to an activating group) is 1. The number of benzene rings is 1. The van der Waals surface area contributed by atoms with Crippen LogP contribution in [0.15, 0.2) is 30.3 Å². The number of hydrogen-bond acceptors (Lipinski definition) is 3. The Balaban J connectivity index is 2.25. The van der Waals surface area contributed by atoms with Gasteiger partial charge in [-0.3, -0.25) is 9.69 Å². The van der Waals surface area contributed by atoms with E-state index in [-0.39, 0.29) is 5.91 Å². The van der Waals surface area contributed by atoms with E-state index in [0.29, 0.717) is 6.42 Å². The van der Waals surface area contributed by atoms with Gasteiger partial charge in [-0.25, -0.2) is 0 Å². The average molecular weight is 277 g/mol. The number of nitrogens with zero attached hydrogens (tertiary/aromatic N) is 2. The molecular weight excluding hydrogens is 250 g/mol. The van der Waals surface area contributed by atoms with E-state index in [4.69, 9.17) is 0 Å². The SMILES string of the molecule is CCN(CCC(=O)NCCN(C)C)Cc1ccccc1. The van der Waals surface area contributed by atoms with Crippen LogP contribution in [0.2, 0.25) is 0 Å². The molecular formula is C16H27N3O. The molecule has 1 N–H and O–H groups in total. The molecule has 0 fully saturated rings. The third-order valence-corrected chi connectivity index (χ3v) is 3.23. The van der Waals surface area contributed by atoms with Crippen molar-refractivity contribution in [3.8, 4) is 0 Å². The van der Waals surface area contributed by atoms with Gasteiger partial charge in [0.05, 0.1) is 0 Å². The Hall–Kier alpha value is -1.39. The molecule has 0 unspecified atom stereocenters. The van der Waals surface area contributed by atoms with Crippen molar-refractivity contribution in [1.82, 2.24) is 15.1 Å². The van der Waals surface area contributed by atoms with Gasteiger partial charge in [0, 0.05) is 32.6 Å². The van der Waals surface area contributed by atoms with Crippen LogP contribution in [0.3, 0.4) is 0 Å². The van der Waals surface area contributed by atoms with Crippen molar-refractivity contribution in [2.75, 3.05) is 40.3 Å². The largest absolute Gasteiger partial charge is 0.355 e. The number of amides is 1. The first-order valence-electron chi connectivity index (χ1n) is 7.29. The quantitative estimate of drug-likeness (QED) is 0.744. The minimum absolute atomic E-state index is 0.137. The lowest BCUT2D eigenvalue weighted by Crippen LogP contribution is -2.34. The molecule has 0 aromatic heterocycles. The maximum atomic E-state index is 11.7. The molecule has 4 nitrogen and oxygen atoms in total. The number of carbonyl (C=O) groups is 1. The van der Waals surface area contributed by atoms with E-state index in [0.717, 1.165) is 32.7 Å². The van der Waals surface area contributed by atoms with E-state index >= 15 is 0 Å². The second-order valence-electron chi connectivity index (χ2n) is 5.26. The first kappa shape index (κ1) is 16.7. The van der Waals surface area contributed by atoms with Crippen LogP contribution in [0.5, 0.6) is 0 Å². The average Bonchev–Trinajstić information content (AvgIpc) is 2.44. The summed E-state index contributed by atoms with van der Waals surface area (Å²) >= 11 is 0. The first-order valence-corrected chi connectivity index (χ1v) is 7.29. The highest BCUT2D eigenvalue weighted by Crippen LogP contribution is 2.04. The van der Waals surface area contributed by atoms with Crippen molar-refractivity contribution in [2.45, 2.75) is 19.9 Å². The molecule has 112 valence electrons. The molecule has 0 saturated heterocycles. The Kier molecular flexibility index (Phi) is 7.92. The van der Waals surface area contributed by atoms with Crippen LogP contribution in [0, 0.1) is 0 Å². The van der Waals surface area contributed by atoms with Gasteiger partial charge in [0.1, 0.15) is 0 Å². The van der Waals surface area contributed by atoms with Crippen molar-refractivity contribution < 1.29 is 4.79 Å². The molecule has 1 aromatic rings. The highest BCUT2D eigenvalue weighted by molar-refractivity contribution is 5.76. The number of hydrogen-bond donors (Lipinski definition) is 1. The van der Waals surface area contributed by atoms with Gasteiger partial charge in [0.15, 0.2) is 0 Å². The molecule has 20 heavy (non-hydrogen) atoms. The van der Waals surface area contributed by atoms with Gasteiger partial charge in [-0.05, 0) is 26.2 Å². The fourth-order valence-electron chi connectivity index (χ4n) is 1.96. The summed E-state index contributed by atoms with van der Waals surface area (Å²) < 4.78 is 0. The molecule has 0 atom stereocenters. The summed E-state index contributed by atoms with van der Waals surface area (Å²) in [4.78, 5) is 16.1. The summed E-state index contributed by atoms with van der Waals surface area (Å²) in [6, 6.07) is 10.4. The van der Waals surface area contributed by atoms with Gasteiger partial charge in [0.2, 0.25) is 5.91 Å². The molecule has 0 aliphatic rings. The monoisotopic (exact) mass is 277 g/mol. The number of nitrogens with one attached hydrogen (secondary N) is 1. The minimum Gasteiger partial charge on any atom is -0.355 e. The standard InChI is InChI=1S/C16H27N3O/c1-4-19(14-15-8-6-5-7-9-15)12-10-16(20)17-11-13-18(2)3/h5-9H,4,10-14H2,1-3H3,(H,17,20). The Morgan fingerprint density at radius 3 is 2.45 bits per heavy atom. The van der Waals surface area contributed by atoms with Crippen LogP contribution in [0.1, 0.15) is 18.9 Å². The zero-order valence-corrected chi connectivity index (χ0v) is 12.9. The summed E-state index contributed by atoms with van der Waals surface area (Å²) in [5, 5.41) is 2.95. The third kappa shape index (κ3) is 7.26. The van der Waals surface area contributed by atoms with Gasteiger partial charge < -0.3 is 10.2 Å². The van der Waals surface area contributed by atoms with Gasteiger partial charge in [-0.15, -0.1) is 0 Å². The van der Waals surface area contributed by atoms with Crippen molar-refractivity contribution in [2.24, 2.45) is 0 Å². The molecule has 0 aliphatic heterocycles. The Labute approximate surface area is 122 Å². The van der Waals surface area contributed by atoms with Crippen molar-refractivity contribution in [3.63, 3.8) is 0 Å². The predicted octanol–water partition coefficient (Wildman–Crippen LogP) is 1.58. The lowest BCUT2D eigenvalue weighted by atomic mass is 10.2. The Morgan fingerprint density at radius 1 is 1.15 bits per heavy atom. The van der Waals surface area contributed by atoms with E-state index in [1.54, 1.807) is 0 Å². The second kappa shape index (κ2) is 9.50. The van der Waals surface area contributed by atoms with Gasteiger partial charge in [-0.2, -0.15) is 0 Å². The van der Waals surface area contributed by atoms with E-state index < -0.39 is 0 Å². The molecule has 0 aliphatic carbocycles. The topological polar surface area (TPSA) is 35.6 Å². The summed E-state index contributed by atoms with van der Waals surface area (Å²) in [6.45, 7) is 6.40. The Bertz CT molecular complexity index is 379. The molecule has 0 radical (unpaired) electrons. The number of carbonyl (C=O) groups excluding carboxylic acids is 1. The lowest BCUT2D eigenvalue weighted by molar-refractivity contribution is -0.121. The molecule has 0 bridgehead atoms. The van der Waals surface area contributed by atoms with Crippen molar-refractivity contribution in [3.05, 3.63) is 35.9 Å². The molecule has 1 amide bonds. The van der Waals surface area contributed by atoms with Crippen molar-refractivity contribution >= 4 is 5.91 Å². The molecule has 0 spiro atoms. The van der Waals surface area contributed by atoms with Crippen LogP contribution in [0.4, 0.5) is 0 Å². The molecule has 1 aromatic carbocycles. The van der Waals surface area contributed by atoms with Crippen molar-refractivity contribution in [1.29, 1.82) is 0 Å². The van der Waals surface area contributed by atoms with Crippen LogP contribution < -0.4 is 5.32 Å². The zero-order valence-electron chi connectivity index (χ0n) is 12.9. The fourth-order valence-corrected chi connectivity index (χ4v) is 1.96. The maximum absolute atomic E-state index is 11.7. The molecule has 1 rings (SSSR count). The zero-order chi connectivity index (χ0) is 14.8. The highest BCUT2D eigenvalue weighted by atomic mass is 16.1. The summed E-state index contributed by atoms with van der Waals surface area (Å²) in [6.07, 6.45) is 0.564. The molecule has 4 heteroatoms. The third-order valence-electron chi connectivity index (χ3n) is 3.23. The van der Waals surface area contributed by atoms with Crippen LogP contribution in [-0.4, -0.2) is 56.0 Å².